The fourth-order valence-electron chi connectivity index (χ4n) is 5.26. The van der Waals surface area contributed by atoms with Crippen molar-refractivity contribution in [3.63, 3.8) is 0 Å². The van der Waals surface area contributed by atoms with Gasteiger partial charge in [-0.25, -0.2) is 0 Å². The fourth-order valence-corrected chi connectivity index (χ4v) is 5.26. The van der Waals surface area contributed by atoms with Crippen molar-refractivity contribution in [3.8, 4) is 0 Å². The Labute approximate surface area is 159 Å². The van der Waals surface area contributed by atoms with Crippen LogP contribution >= 0.6 is 0 Å². The normalized spacial score (nSPS) is 27.5. The summed E-state index contributed by atoms with van der Waals surface area (Å²) >= 11 is 0. The van der Waals surface area contributed by atoms with Gasteiger partial charge in [-0.1, -0.05) is 50.2 Å². The lowest BCUT2D eigenvalue weighted by atomic mass is 9.67. The van der Waals surface area contributed by atoms with Crippen molar-refractivity contribution in [1.29, 1.82) is 0 Å². The van der Waals surface area contributed by atoms with Crippen molar-refractivity contribution in [2.45, 2.75) is 63.2 Å². The first-order valence-corrected chi connectivity index (χ1v) is 9.85. The standard InChI is InChI=1S/C23H26F3N/c1-14(2)27-21-11-10-18-19(15-6-4-3-5-7-15)12-16-8-9-17(23(24,25)26)13-20(16)22(18)21/h3-9,13-14,18-19,21-22,27H,10-12H2,1-2H3. The number of fused-ring (bicyclic) bond motifs is 3. The molecular weight excluding hydrogens is 347 g/mol. The molecule has 1 saturated carbocycles. The maximum atomic E-state index is 13.3. The molecule has 0 saturated heterocycles. The summed E-state index contributed by atoms with van der Waals surface area (Å²) in [7, 11) is 0. The molecule has 1 N–H and O–H groups in total. The molecule has 0 spiro atoms. The zero-order chi connectivity index (χ0) is 19.2. The van der Waals surface area contributed by atoms with Crippen LogP contribution in [0.2, 0.25) is 0 Å². The number of hydrogen-bond donors (Lipinski definition) is 1. The van der Waals surface area contributed by atoms with Crippen LogP contribution in [-0.2, 0) is 12.6 Å². The summed E-state index contributed by atoms with van der Waals surface area (Å²) in [5.74, 6) is 0.905. The van der Waals surface area contributed by atoms with E-state index >= 15 is 0 Å². The molecule has 144 valence electrons. The van der Waals surface area contributed by atoms with E-state index in [0.717, 1.165) is 30.4 Å². The molecule has 0 bridgehead atoms. The lowest BCUT2D eigenvalue weighted by Crippen LogP contribution is -2.40. The lowest BCUT2D eigenvalue weighted by molar-refractivity contribution is -0.137. The molecule has 0 aliphatic heterocycles. The van der Waals surface area contributed by atoms with E-state index in [-0.39, 0.29) is 12.0 Å². The Morgan fingerprint density at radius 3 is 2.41 bits per heavy atom. The average molecular weight is 373 g/mol. The molecule has 2 aromatic rings. The number of nitrogens with one attached hydrogen (secondary N) is 1. The maximum absolute atomic E-state index is 13.3. The van der Waals surface area contributed by atoms with E-state index < -0.39 is 11.7 Å². The van der Waals surface area contributed by atoms with Gasteiger partial charge in [0.25, 0.3) is 0 Å². The van der Waals surface area contributed by atoms with Crippen LogP contribution in [0.15, 0.2) is 48.5 Å². The van der Waals surface area contributed by atoms with Gasteiger partial charge in [0.15, 0.2) is 0 Å². The molecule has 2 aliphatic carbocycles. The average Bonchev–Trinajstić information content (AvgIpc) is 3.04. The molecule has 4 rings (SSSR count). The minimum Gasteiger partial charge on any atom is -0.311 e. The number of rotatable bonds is 3. The number of benzene rings is 2. The molecule has 4 atom stereocenters. The smallest absolute Gasteiger partial charge is 0.311 e. The maximum Gasteiger partial charge on any atom is 0.416 e. The molecule has 4 heteroatoms. The quantitative estimate of drug-likeness (QED) is 0.706. The Bertz CT molecular complexity index is 797. The van der Waals surface area contributed by atoms with E-state index in [0.29, 0.717) is 17.9 Å². The molecule has 1 fully saturated rings. The van der Waals surface area contributed by atoms with Gasteiger partial charge in [0, 0.05) is 18.0 Å². The van der Waals surface area contributed by atoms with Crippen LogP contribution in [0.3, 0.4) is 0 Å². The first kappa shape index (κ1) is 18.5. The van der Waals surface area contributed by atoms with Gasteiger partial charge in [-0.05, 0) is 59.9 Å². The van der Waals surface area contributed by atoms with E-state index in [1.807, 2.05) is 6.07 Å². The Morgan fingerprint density at radius 2 is 1.74 bits per heavy atom. The van der Waals surface area contributed by atoms with Gasteiger partial charge in [-0.2, -0.15) is 13.2 Å². The van der Waals surface area contributed by atoms with Crippen LogP contribution in [0, 0.1) is 5.92 Å². The van der Waals surface area contributed by atoms with E-state index in [2.05, 4.69) is 43.4 Å². The molecule has 0 amide bonds. The topological polar surface area (TPSA) is 12.0 Å². The van der Waals surface area contributed by atoms with E-state index in [1.165, 1.54) is 17.7 Å². The molecule has 27 heavy (non-hydrogen) atoms. The van der Waals surface area contributed by atoms with Crippen LogP contribution in [0.4, 0.5) is 13.2 Å². The lowest BCUT2D eigenvalue weighted by Gasteiger charge is -2.39. The summed E-state index contributed by atoms with van der Waals surface area (Å²) in [5.41, 5.74) is 2.78. The van der Waals surface area contributed by atoms with Gasteiger partial charge >= 0.3 is 6.18 Å². The predicted octanol–water partition coefficient (Wildman–Crippen LogP) is 5.91. The van der Waals surface area contributed by atoms with Crippen molar-refractivity contribution in [1.82, 2.24) is 5.32 Å². The van der Waals surface area contributed by atoms with Gasteiger partial charge < -0.3 is 5.32 Å². The summed E-state index contributed by atoms with van der Waals surface area (Å²) in [6, 6.07) is 15.4. The van der Waals surface area contributed by atoms with Crippen molar-refractivity contribution < 1.29 is 13.2 Å². The SMILES string of the molecule is CC(C)NC1CCC2C(c3ccccc3)Cc3ccc(C(F)(F)F)cc3C12. The highest BCUT2D eigenvalue weighted by molar-refractivity contribution is 5.43. The zero-order valence-electron chi connectivity index (χ0n) is 15.8. The fraction of sp³-hybridized carbons (Fsp3) is 0.478. The van der Waals surface area contributed by atoms with Crippen LogP contribution in [0.1, 0.15) is 60.8 Å². The second-order valence-corrected chi connectivity index (χ2v) is 8.33. The van der Waals surface area contributed by atoms with Gasteiger partial charge in [0.05, 0.1) is 5.56 Å². The van der Waals surface area contributed by atoms with Crippen molar-refractivity contribution in [3.05, 3.63) is 70.8 Å². The zero-order valence-corrected chi connectivity index (χ0v) is 15.8. The van der Waals surface area contributed by atoms with Gasteiger partial charge in [0.2, 0.25) is 0 Å². The van der Waals surface area contributed by atoms with Gasteiger partial charge in [-0.3, -0.25) is 0 Å². The Kier molecular flexibility index (Phi) is 4.79. The van der Waals surface area contributed by atoms with Crippen molar-refractivity contribution in [2.24, 2.45) is 5.92 Å². The first-order valence-electron chi connectivity index (χ1n) is 9.85. The van der Waals surface area contributed by atoms with Crippen LogP contribution < -0.4 is 5.32 Å². The number of hydrogen-bond acceptors (Lipinski definition) is 1. The second-order valence-electron chi connectivity index (χ2n) is 8.33. The Balaban J connectivity index is 1.79. The van der Waals surface area contributed by atoms with Crippen molar-refractivity contribution in [2.75, 3.05) is 0 Å². The monoisotopic (exact) mass is 373 g/mol. The third-order valence-electron chi connectivity index (χ3n) is 6.27. The molecule has 0 heterocycles. The summed E-state index contributed by atoms with van der Waals surface area (Å²) in [4.78, 5) is 0. The summed E-state index contributed by atoms with van der Waals surface area (Å²) < 4.78 is 40.0. The predicted molar refractivity (Wildman–Crippen MR) is 102 cm³/mol. The highest BCUT2D eigenvalue weighted by Crippen LogP contribution is 2.53. The minimum absolute atomic E-state index is 0.142. The highest BCUT2D eigenvalue weighted by atomic mass is 19.4. The number of alkyl halides is 3. The molecule has 1 nitrogen and oxygen atoms in total. The molecule has 2 aromatic carbocycles. The third-order valence-corrected chi connectivity index (χ3v) is 6.27. The van der Waals surface area contributed by atoms with E-state index in [1.54, 1.807) is 6.07 Å². The second kappa shape index (κ2) is 6.97. The van der Waals surface area contributed by atoms with Crippen molar-refractivity contribution >= 4 is 0 Å². The van der Waals surface area contributed by atoms with Crippen LogP contribution in [-0.4, -0.2) is 12.1 Å². The Morgan fingerprint density at radius 1 is 1.00 bits per heavy atom. The molecule has 0 radical (unpaired) electrons. The molecule has 4 unspecified atom stereocenters. The van der Waals surface area contributed by atoms with Gasteiger partial charge in [0.1, 0.15) is 0 Å². The molecule has 2 aliphatic rings. The highest BCUT2D eigenvalue weighted by Gasteiger charge is 2.46. The summed E-state index contributed by atoms with van der Waals surface area (Å²) in [5, 5.41) is 3.63. The molecule has 0 aromatic heterocycles. The first-order chi connectivity index (χ1) is 12.8. The minimum atomic E-state index is -4.29. The van der Waals surface area contributed by atoms with E-state index in [4.69, 9.17) is 0 Å². The molecular formula is C23H26F3N. The van der Waals surface area contributed by atoms with Crippen LogP contribution in [0.25, 0.3) is 0 Å². The number of halogens is 3. The summed E-state index contributed by atoms with van der Waals surface area (Å²) in [6.07, 6.45) is -1.38. The Hall–Kier alpha value is -1.81. The van der Waals surface area contributed by atoms with Crippen LogP contribution in [0.5, 0.6) is 0 Å². The largest absolute Gasteiger partial charge is 0.416 e. The third kappa shape index (κ3) is 3.52. The summed E-state index contributed by atoms with van der Waals surface area (Å²) in [6.45, 7) is 4.22. The van der Waals surface area contributed by atoms with Gasteiger partial charge in [-0.15, -0.1) is 0 Å². The van der Waals surface area contributed by atoms with E-state index in [9.17, 15) is 13.2 Å².